The van der Waals surface area contributed by atoms with Gasteiger partial charge in [0.2, 0.25) is 0 Å². The molecule has 1 fully saturated rings. The number of likely N-dealkylation sites (tertiary alicyclic amines) is 1. The van der Waals surface area contributed by atoms with Gasteiger partial charge in [0, 0.05) is 43.8 Å². The zero-order chi connectivity index (χ0) is 31.3. The molecule has 6 rings (SSSR count). The van der Waals surface area contributed by atoms with E-state index in [1.165, 1.54) is 0 Å². The fraction of sp³-hybridized carbons (Fsp3) is 0.343. The fourth-order valence-electron chi connectivity index (χ4n) is 6.29. The third-order valence-electron chi connectivity index (χ3n) is 8.59. The van der Waals surface area contributed by atoms with Crippen molar-refractivity contribution < 1.29 is 19.4 Å². The number of amides is 1. The molecule has 3 heterocycles. The largest absolute Gasteiger partial charge is 0.481 e. The molecule has 0 aliphatic carbocycles. The Morgan fingerprint density at radius 2 is 1.64 bits per heavy atom. The normalized spacial score (nSPS) is 13.9. The standard InChI is InChI=1S/C35H37N5O5/c1-45-22-21-39-30-12-6-7-13-31(30)40(35(39)44)26-17-19-38(20-18-26)34(43)25-15-16-27-29(23-25)36-28(11-5-8-14-32(41)42)33(37-27)24-9-3-2-4-10-24/h2-4,6-7,9-10,12-13,15-16,23,26H,5,8,11,14,17-22H2,1H3,(H,41,42). The number of fused-ring (bicyclic) bond motifs is 2. The molecule has 0 unspecified atom stereocenters. The van der Waals surface area contributed by atoms with E-state index in [1.807, 2.05) is 70.1 Å². The predicted octanol–water partition coefficient (Wildman–Crippen LogP) is 5.33. The number of nitrogens with zero attached hydrogens (tertiary/aromatic N) is 5. The minimum atomic E-state index is -0.809. The summed E-state index contributed by atoms with van der Waals surface area (Å²) < 4.78 is 8.90. The highest BCUT2D eigenvalue weighted by molar-refractivity contribution is 5.97. The molecular formula is C35H37N5O5. The van der Waals surface area contributed by atoms with E-state index in [9.17, 15) is 14.4 Å². The monoisotopic (exact) mass is 607 g/mol. The molecule has 1 saturated heterocycles. The van der Waals surface area contributed by atoms with Crippen molar-refractivity contribution in [1.29, 1.82) is 0 Å². The van der Waals surface area contributed by atoms with Crippen molar-refractivity contribution in [2.75, 3.05) is 26.8 Å². The van der Waals surface area contributed by atoms with Crippen LogP contribution in [0.25, 0.3) is 33.3 Å². The lowest BCUT2D eigenvalue weighted by molar-refractivity contribution is -0.137. The van der Waals surface area contributed by atoms with E-state index in [0.29, 0.717) is 74.9 Å². The van der Waals surface area contributed by atoms with Gasteiger partial charge in [-0.15, -0.1) is 0 Å². The summed E-state index contributed by atoms with van der Waals surface area (Å²) in [4.78, 5) is 49.9. The first-order valence-corrected chi connectivity index (χ1v) is 15.5. The number of rotatable bonds is 11. The summed E-state index contributed by atoms with van der Waals surface area (Å²) in [6, 6.07) is 23.1. The second-order valence-corrected chi connectivity index (χ2v) is 11.5. The van der Waals surface area contributed by atoms with Gasteiger partial charge >= 0.3 is 11.7 Å². The minimum Gasteiger partial charge on any atom is -0.481 e. The zero-order valence-corrected chi connectivity index (χ0v) is 25.4. The van der Waals surface area contributed by atoms with Crippen LogP contribution >= 0.6 is 0 Å². The van der Waals surface area contributed by atoms with Gasteiger partial charge in [0.05, 0.1) is 46.6 Å². The Balaban J connectivity index is 1.21. The molecule has 3 aromatic carbocycles. The smallest absolute Gasteiger partial charge is 0.329 e. The molecule has 5 aromatic rings. The number of carbonyl (C=O) groups excluding carboxylic acids is 1. The number of hydrogen-bond acceptors (Lipinski definition) is 6. The number of para-hydroxylation sites is 2. The lowest BCUT2D eigenvalue weighted by atomic mass is 10.0. The minimum absolute atomic E-state index is 0.00203. The molecule has 0 radical (unpaired) electrons. The summed E-state index contributed by atoms with van der Waals surface area (Å²) in [5, 5.41) is 9.05. The third kappa shape index (κ3) is 6.37. The maximum Gasteiger partial charge on any atom is 0.329 e. The molecule has 1 amide bonds. The van der Waals surface area contributed by atoms with Crippen LogP contribution in [0.4, 0.5) is 0 Å². The molecule has 0 spiro atoms. The number of ether oxygens (including phenoxy) is 1. The van der Waals surface area contributed by atoms with Gasteiger partial charge in [-0.2, -0.15) is 0 Å². The number of aromatic nitrogens is 4. The average Bonchev–Trinajstić information content (AvgIpc) is 3.35. The number of unbranched alkanes of at least 4 members (excludes halogenated alkanes) is 1. The lowest BCUT2D eigenvalue weighted by Gasteiger charge is -2.32. The molecule has 1 N–H and O–H groups in total. The van der Waals surface area contributed by atoms with Crippen molar-refractivity contribution in [1.82, 2.24) is 24.0 Å². The molecule has 0 saturated carbocycles. The summed E-state index contributed by atoms with van der Waals surface area (Å²) in [6.45, 7) is 2.02. The molecule has 232 valence electrons. The third-order valence-corrected chi connectivity index (χ3v) is 8.59. The van der Waals surface area contributed by atoms with E-state index < -0.39 is 5.97 Å². The van der Waals surface area contributed by atoms with Crippen LogP contribution in [0.2, 0.25) is 0 Å². The van der Waals surface area contributed by atoms with Gasteiger partial charge < -0.3 is 14.7 Å². The Bertz CT molecular complexity index is 1890. The van der Waals surface area contributed by atoms with Crippen molar-refractivity contribution in [3.8, 4) is 11.3 Å². The maximum atomic E-state index is 13.7. The highest BCUT2D eigenvalue weighted by atomic mass is 16.5. The Hall–Kier alpha value is -4.83. The van der Waals surface area contributed by atoms with Gasteiger partial charge in [-0.05, 0) is 62.4 Å². The highest BCUT2D eigenvalue weighted by Crippen LogP contribution is 2.28. The fourth-order valence-corrected chi connectivity index (χ4v) is 6.29. The van der Waals surface area contributed by atoms with Crippen LogP contribution in [0.5, 0.6) is 0 Å². The number of carboxylic acids is 1. The van der Waals surface area contributed by atoms with Crippen molar-refractivity contribution >= 4 is 33.9 Å². The highest BCUT2D eigenvalue weighted by Gasteiger charge is 2.28. The number of aliphatic carboxylic acids is 1. The molecule has 10 nitrogen and oxygen atoms in total. The van der Waals surface area contributed by atoms with E-state index in [-0.39, 0.29) is 24.1 Å². The van der Waals surface area contributed by atoms with Gasteiger partial charge in [-0.1, -0.05) is 42.5 Å². The number of imidazole rings is 1. The van der Waals surface area contributed by atoms with E-state index >= 15 is 0 Å². The molecule has 10 heteroatoms. The van der Waals surface area contributed by atoms with Crippen LogP contribution < -0.4 is 5.69 Å². The summed E-state index contributed by atoms with van der Waals surface area (Å²) in [5.74, 6) is -0.877. The second-order valence-electron chi connectivity index (χ2n) is 11.5. The number of carbonyl (C=O) groups is 2. The summed E-state index contributed by atoms with van der Waals surface area (Å²) >= 11 is 0. The summed E-state index contributed by atoms with van der Waals surface area (Å²) in [7, 11) is 1.63. The van der Waals surface area contributed by atoms with Crippen LogP contribution in [0.3, 0.4) is 0 Å². The van der Waals surface area contributed by atoms with Crippen molar-refractivity contribution in [2.45, 2.75) is 51.1 Å². The Morgan fingerprint density at radius 3 is 2.38 bits per heavy atom. The van der Waals surface area contributed by atoms with E-state index in [0.717, 1.165) is 28.0 Å². The second kappa shape index (κ2) is 13.4. The van der Waals surface area contributed by atoms with E-state index in [1.54, 1.807) is 23.8 Å². The van der Waals surface area contributed by atoms with E-state index in [4.69, 9.17) is 19.8 Å². The van der Waals surface area contributed by atoms with Gasteiger partial charge in [-0.25, -0.2) is 14.8 Å². The van der Waals surface area contributed by atoms with Crippen LogP contribution in [0.1, 0.15) is 54.2 Å². The maximum absolute atomic E-state index is 13.7. The van der Waals surface area contributed by atoms with Crippen molar-refractivity contribution in [2.24, 2.45) is 0 Å². The Morgan fingerprint density at radius 1 is 0.911 bits per heavy atom. The van der Waals surface area contributed by atoms with Crippen LogP contribution in [0, 0.1) is 0 Å². The number of benzene rings is 3. The summed E-state index contributed by atoms with van der Waals surface area (Å²) in [5.41, 5.74) is 6.16. The van der Waals surface area contributed by atoms with Gasteiger partial charge in [0.15, 0.2) is 0 Å². The average molecular weight is 608 g/mol. The van der Waals surface area contributed by atoms with Crippen LogP contribution in [-0.4, -0.2) is 67.8 Å². The molecule has 1 aliphatic heterocycles. The SMILES string of the molecule is COCCn1c(=O)n(C2CCN(C(=O)c3ccc4nc(-c5ccccc5)c(CCCCC(=O)O)nc4c3)CC2)c2ccccc21. The van der Waals surface area contributed by atoms with Gasteiger partial charge in [-0.3, -0.25) is 18.7 Å². The van der Waals surface area contributed by atoms with Gasteiger partial charge in [0.1, 0.15) is 0 Å². The number of methoxy groups -OCH3 is 1. The number of piperidine rings is 1. The Labute approximate surface area is 260 Å². The first-order chi connectivity index (χ1) is 21.9. The summed E-state index contributed by atoms with van der Waals surface area (Å²) in [6.07, 6.45) is 3.29. The van der Waals surface area contributed by atoms with Crippen molar-refractivity contribution in [3.63, 3.8) is 0 Å². The number of aryl methyl sites for hydroxylation is 1. The lowest BCUT2D eigenvalue weighted by Crippen LogP contribution is -2.41. The quantitative estimate of drug-likeness (QED) is 0.202. The zero-order valence-electron chi connectivity index (χ0n) is 25.4. The first-order valence-electron chi connectivity index (χ1n) is 15.5. The number of carboxylic acid groups (broad SMARTS) is 1. The molecule has 45 heavy (non-hydrogen) atoms. The molecular weight excluding hydrogens is 570 g/mol. The van der Waals surface area contributed by atoms with Crippen LogP contribution in [0.15, 0.2) is 77.6 Å². The van der Waals surface area contributed by atoms with Crippen LogP contribution in [-0.2, 0) is 22.5 Å². The predicted molar refractivity (Wildman–Crippen MR) is 172 cm³/mol. The topological polar surface area (TPSA) is 120 Å². The molecule has 0 bridgehead atoms. The van der Waals surface area contributed by atoms with E-state index in [2.05, 4.69) is 0 Å². The number of hydrogen-bond donors (Lipinski definition) is 1. The first kappa shape index (κ1) is 30.2. The molecule has 0 atom stereocenters. The molecule has 1 aliphatic rings. The Kier molecular flexibility index (Phi) is 9.02. The van der Waals surface area contributed by atoms with Gasteiger partial charge in [0.25, 0.3) is 5.91 Å². The van der Waals surface area contributed by atoms with Crippen molar-refractivity contribution in [3.05, 3.63) is 94.5 Å². The molecule has 2 aromatic heterocycles.